The van der Waals surface area contributed by atoms with Gasteiger partial charge in [-0.25, -0.2) is 0 Å². The van der Waals surface area contributed by atoms with Crippen molar-refractivity contribution in [1.29, 1.82) is 0 Å². The van der Waals surface area contributed by atoms with Crippen molar-refractivity contribution < 1.29 is 4.84 Å². The highest BCUT2D eigenvalue weighted by atomic mass is 16.6. The predicted octanol–water partition coefficient (Wildman–Crippen LogP) is 5.69. The fraction of sp³-hybridized carbons (Fsp3) is 0.480. The van der Waals surface area contributed by atoms with Gasteiger partial charge in [0.2, 0.25) is 0 Å². The molecule has 1 aliphatic rings. The molecule has 3 heteroatoms. The number of piperidine rings is 1. The maximum absolute atomic E-state index is 5.74. The third-order valence-electron chi connectivity index (χ3n) is 5.63. The van der Waals surface area contributed by atoms with Crippen LogP contribution in [0.5, 0.6) is 0 Å². The van der Waals surface area contributed by atoms with Crippen LogP contribution in [0, 0.1) is 0 Å². The molecule has 0 saturated carbocycles. The van der Waals surface area contributed by atoms with Crippen LogP contribution in [-0.4, -0.2) is 36.3 Å². The highest BCUT2D eigenvalue weighted by Crippen LogP contribution is 2.16. The van der Waals surface area contributed by atoms with Gasteiger partial charge in [-0.05, 0) is 63.1 Å². The van der Waals surface area contributed by atoms with Crippen molar-refractivity contribution >= 4 is 5.71 Å². The fourth-order valence-electron chi connectivity index (χ4n) is 3.92. The predicted molar refractivity (Wildman–Crippen MR) is 118 cm³/mol. The Balaban J connectivity index is 1.47. The van der Waals surface area contributed by atoms with Gasteiger partial charge in [0.15, 0.2) is 0 Å². The van der Waals surface area contributed by atoms with Crippen molar-refractivity contribution in [2.75, 3.05) is 19.7 Å². The van der Waals surface area contributed by atoms with E-state index in [1.165, 1.54) is 36.9 Å². The second-order valence-electron chi connectivity index (χ2n) is 7.81. The number of benzene rings is 2. The molecule has 0 radical (unpaired) electrons. The SMILES string of the molecule is CC1CCCCN1CCCON=C(CCCc1ccccc1)c1ccccc1. The maximum atomic E-state index is 5.74. The van der Waals surface area contributed by atoms with Crippen LogP contribution in [0.1, 0.15) is 56.6 Å². The zero-order chi connectivity index (χ0) is 19.4. The van der Waals surface area contributed by atoms with Crippen LogP contribution in [0.15, 0.2) is 65.8 Å². The minimum atomic E-state index is 0.693. The van der Waals surface area contributed by atoms with Gasteiger partial charge in [0.1, 0.15) is 6.61 Å². The summed E-state index contributed by atoms with van der Waals surface area (Å²) >= 11 is 0. The standard InChI is InChI=1S/C25H34N2O/c1-22-12-8-9-19-27(22)20-11-21-28-26-25(24-16-6-3-7-17-24)18-10-15-23-13-4-2-5-14-23/h2-7,13-14,16-17,22H,8-12,15,18-21H2,1H3. The van der Waals surface area contributed by atoms with E-state index >= 15 is 0 Å². The van der Waals surface area contributed by atoms with Crippen molar-refractivity contribution in [2.45, 2.75) is 57.9 Å². The first-order valence-electron chi connectivity index (χ1n) is 10.8. The molecule has 1 saturated heterocycles. The lowest BCUT2D eigenvalue weighted by Gasteiger charge is -2.33. The van der Waals surface area contributed by atoms with Gasteiger partial charge >= 0.3 is 0 Å². The third-order valence-corrected chi connectivity index (χ3v) is 5.63. The molecule has 0 N–H and O–H groups in total. The average molecular weight is 379 g/mol. The summed E-state index contributed by atoms with van der Waals surface area (Å²) in [7, 11) is 0. The van der Waals surface area contributed by atoms with E-state index in [2.05, 4.69) is 71.6 Å². The zero-order valence-electron chi connectivity index (χ0n) is 17.2. The zero-order valence-corrected chi connectivity index (χ0v) is 17.2. The number of oxime groups is 1. The van der Waals surface area contributed by atoms with E-state index in [9.17, 15) is 0 Å². The summed E-state index contributed by atoms with van der Waals surface area (Å²) in [5.41, 5.74) is 3.61. The van der Waals surface area contributed by atoms with E-state index in [0.717, 1.165) is 44.0 Å². The van der Waals surface area contributed by atoms with Gasteiger partial charge in [0, 0.05) is 12.6 Å². The van der Waals surface area contributed by atoms with Crippen LogP contribution in [-0.2, 0) is 11.3 Å². The van der Waals surface area contributed by atoms with Crippen LogP contribution in [0.3, 0.4) is 0 Å². The van der Waals surface area contributed by atoms with Crippen molar-refractivity contribution in [3.05, 3.63) is 71.8 Å². The molecule has 1 unspecified atom stereocenters. The molecule has 0 spiro atoms. The molecular formula is C25H34N2O. The Kier molecular flexibility index (Phi) is 8.57. The first-order chi connectivity index (χ1) is 13.8. The quantitative estimate of drug-likeness (QED) is 0.301. The van der Waals surface area contributed by atoms with Crippen LogP contribution in [0.25, 0.3) is 0 Å². The summed E-state index contributed by atoms with van der Waals surface area (Å²) < 4.78 is 0. The van der Waals surface area contributed by atoms with Crippen LogP contribution in [0.2, 0.25) is 0 Å². The van der Waals surface area contributed by atoms with Crippen LogP contribution >= 0.6 is 0 Å². The van der Waals surface area contributed by atoms with Gasteiger partial charge in [-0.15, -0.1) is 0 Å². The molecule has 2 aromatic carbocycles. The Morgan fingerprint density at radius 3 is 2.50 bits per heavy atom. The Bertz CT molecular complexity index is 699. The molecule has 28 heavy (non-hydrogen) atoms. The molecule has 2 aromatic rings. The largest absolute Gasteiger partial charge is 0.396 e. The summed E-state index contributed by atoms with van der Waals surface area (Å²) in [6.45, 7) is 5.39. The molecule has 3 rings (SSSR count). The highest BCUT2D eigenvalue weighted by molar-refractivity contribution is 6.00. The van der Waals surface area contributed by atoms with Crippen molar-refractivity contribution in [3.8, 4) is 0 Å². The molecule has 3 nitrogen and oxygen atoms in total. The number of hydrogen-bond donors (Lipinski definition) is 0. The number of aryl methyl sites for hydroxylation is 1. The van der Waals surface area contributed by atoms with E-state index < -0.39 is 0 Å². The molecule has 0 aromatic heterocycles. The second-order valence-corrected chi connectivity index (χ2v) is 7.81. The number of hydrogen-bond acceptors (Lipinski definition) is 3. The lowest BCUT2D eigenvalue weighted by Crippen LogP contribution is -2.38. The molecule has 1 fully saturated rings. The van der Waals surface area contributed by atoms with Crippen molar-refractivity contribution in [1.82, 2.24) is 4.90 Å². The first kappa shape index (κ1) is 20.6. The van der Waals surface area contributed by atoms with Crippen LogP contribution in [0.4, 0.5) is 0 Å². The van der Waals surface area contributed by atoms with Gasteiger partial charge in [-0.2, -0.15) is 0 Å². The Morgan fingerprint density at radius 2 is 1.75 bits per heavy atom. The summed E-state index contributed by atoms with van der Waals surface area (Å²) in [6.07, 6.45) is 8.16. The number of nitrogens with zero attached hydrogens (tertiary/aromatic N) is 2. The summed E-state index contributed by atoms with van der Waals surface area (Å²) in [5, 5.41) is 4.52. The number of likely N-dealkylation sites (tertiary alicyclic amines) is 1. The highest BCUT2D eigenvalue weighted by Gasteiger charge is 2.17. The lowest BCUT2D eigenvalue weighted by atomic mass is 10.0. The summed E-state index contributed by atoms with van der Waals surface area (Å²) in [4.78, 5) is 8.33. The van der Waals surface area contributed by atoms with Crippen molar-refractivity contribution in [3.63, 3.8) is 0 Å². The Labute approximate surface area is 170 Å². The first-order valence-corrected chi connectivity index (χ1v) is 10.8. The topological polar surface area (TPSA) is 24.8 Å². The monoisotopic (exact) mass is 378 g/mol. The smallest absolute Gasteiger partial charge is 0.118 e. The average Bonchev–Trinajstić information content (AvgIpc) is 2.75. The Morgan fingerprint density at radius 1 is 1.00 bits per heavy atom. The minimum Gasteiger partial charge on any atom is -0.396 e. The fourth-order valence-corrected chi connectivity index (χ4v) is 3.92. The van der Waals surface area contributed by atoms with E-state index in [0.29, 0.717) is 6.61 Å². The minimum absolute atomic E-state index is 0.693. The molecule has 0 aliphatic carbocycles. The van der Waals surface area contributed by atoms with Crippen molar-refractivity contribution in [2.24, 2.45) is 5.16 Å². The maximum Gasteiger partial charge on any atom is 0.118 e. The molecule has 1 aliphatic heterocycles. The number of rotatable bonds is 10. The van der Waals surface area contributed by atoms with Gasteiger partial charge in [0.25, 0.3) is 0 Å². The van der Waals surface area contributed by atoms with Gasteiger partial charge < -0.3 is 9.74 Å². The summed E-state index contributed by atoms with van der Waals surface area (Å²) in [5.74, 6) is 0. The normalized spacial score (nSPS) is 18.2. The van der Waals surface area contributed by atoms with Gasteiger partial charge in [0.05, 0.1) is 5.71 Å². The third kappa shape index (κ3) is 6.79. The van der Waals surface area contributed by atoms with E-state index in [4.69, 9.17) is 4.84 Å². The van der Waals surface area contributed by atoms with E-state index in [-0.39, 0.29) is 0 Å². The molecule has 1 heterocycles. The molecular weight excluding hydrogens is 344 g/mol. The Hall–Kier alpha value is -2.13. The molecule has 0 amide bonds. The molecule has 150 valence electrons. The second kappa shape index (κ2) is 11.7. The van der Waals surface area contributed by atoms with Crippen LogP contribution < -0.4 is 0 Å². The van der Waals surface area contributed by atoms with E-state index in [1.54, 1.807) is 0 Å². The molecule has 0 bridgehead atoms. The molecule has 1 atom stereocenters. The van der Waals surface area contributed by atoms with Gasteiger partial charge in [-0.1, -0.05) is 72.2 Å². The van der Waals surface area contributed by atoms with Gasteiger partial charge in [-0.3, -0.25) is 0 Å². The summed E-state index contributed by atoms with van der Waals surface area (Å²) in [6, 6.07) is 21.8. The lowest BCUT2D eigenvalue weighted by molar-refractivity contribution is 0.108. The van der Waals surface area contributed by atoms with E-state index in [1.807, 2.05) is 6.07 Å².